The topological polar surface area (TPSA) is 12.4 Å². The summed E-state index contributed by atoms with van der Waals surface area (Å²) in [5.41, 5.74) is 1.84. The Bertz CT molecular complexity index is 794. The molecule has 0 aliphatic rings. The van der Waals surface area contributed by atoms with Crippen LogP contribution in [0.15, 0.2) is 65.7 Å². The summed E-state index contributed by atoms with van der Waals surface area (Å²) in [5.74, 6) is 0. The number of fused-ring (bicyclic) bond motifs is 1. The van der Waals surface area contributed by atoms with Crippen molar-refractivity contribution in [2.45, 2.75) is 0 Å². The average Bonchev–Trinajstić information content (AvgIpc) is 2.48. The molecule has 98 valence electrons. The molecular formula is C17H11Cl2N. The number of hydrogen-bond donors (Lipinski definition) is 0. The molecule has 3 aromatic rings. The maximum atomic E-state index is 5.98. The van der Waals surface area contributed by atoms with Crippen molar-refractivity contribution in [1.82, 2.24) is 0 Å². The number of nitrogens with zero attached hydrogens (tertiary/aromatic N) is 1. The van der Waals surface area contributed by atoms with Gasteiger partial charge in [-0.2, -0.15) is 0 Å². The van der Waals surface area contributed by atoms with Crippen molar-refractivity contribution in [3.05, 3.63) is 76.3 Å². The van der Waals surface area contributed by atoms with Crippen molar-refractivity contribution in [3.63, 3.8) is 0 Å². The SMILES string of the molecule is Clc1ccc(C=Nc2ccc3ccccc3c2)cc1Cl. The van der Waals surface area contributed by atoms with Crippen molar-refractivity contribution in [2.24, 2.45) is 4.99 Å². The van der Waals surface area contributed by atoms with Crippen LogP contribution in [0, 0.1) is 0 Å². The third-order valence-electron chi connectivity index (χ3n) is 3.04. The molecule has 0 aliphatic carbocycles. The quantitative estimate of drug-likeness (QED) is 0.523. The predicted molar refractivity (Wildman–Crippen MR) is 87.7 cm³/mol. The van der Waals surface area contributed by atoms with E-state index < -0.39 is 0 Å². The lowest BCUT2D eigenvalue weighted by Gasteiger charge is -2.00. The van der Waals surface area contributed by atoms with E-state index in [1.54, 1.807) is 18.3 Å². The van der Waals surface area contributed by atoms with E-state index in [9.17, 15) is 0 Å². The summed E-state index contributed by atoms with van der Waals surface area (Å²) >= 11 is 11.9. The van der Waals surface area contributed by atoms with Gasteiger partial charge < -0.3 is 0 Å². The normalized spacial score (nSPS) is 11.3. The first-order chi connectivity index (χ1) is 9.72. The summed E-state index contributed by atoms with van der Waals surface area (Å²) in [4.78, 5) is 4.47. The number of benzene rings is 3. The summed E-state index contributed by atoms with van der Waals surface area (Å²) in [6, 6.07) is 19.8. The second-order valence-corrected chi connectivity index (χ2v) is 5.28. The minimum absolute atomic E-state index is 0.536. The third kappa shape index (κ3) is 2.84. The lowest BCUT2D eigenvalue weighted by molar-refractivity contribution is 1.55. The molecule has 0 amide bonds. The van der Waals surface area contributed by atoms with E-state index in [4.69, 9.17) is 23.2 Å². The number of aliphatic imine (C=N–C) groups is 1. The fourth-order valence-corrected chi connectivity index (χ4v) is 2.31. The van der Waals surface area contributed by atoms with E-state index in [0.717, 1.165) is 11.3 Å². The Balaban J connectivity index is 1.91. The molecule has 0 radical (unpaired) electrons. The maximum absolute atomic E-state index is 5.98. The Morgan fingerprint density at radius 2 is 1.55 bits per heavy atom. The van der Waals surface area contributed by atoms with E-state index in [-0.39, 0.29) is 0 Å². The molecular weight excluding hydrogens is 289 g/mol. The van der Waals surface area contributed by atoms with Crippen LogP contribution in [0.25, 0.3) is 10.8 Å². The zero-order valence-corrected chi connectivity index (χ0v) is 12.1. The lowest BCUT2D eigenvalue weighted by atomic mass is 10.1. The molecule has 0 unspecified atom stereocenters. The standard InChI is InChI=1S/C17H11Cl2N/c18-16-8-5-12(9-17(16)19)11-20-15-7-6-13-3-1-2-4-14(13)10-15/h1-11H. The van der Waals surface area contributed by atoms with Gasteiger partial charge in [0.15, 0.2) is 0 Å². The zero-order chi connectivity index (χ0) is 13.9. The van der Waals surface area contributed by atoms with E-state index in [1.165, 1.54) is 10.8 Å². The van der Waals surface area contributed by atoms with Gasteiger partial charge in [-0.1, -0.05) is 59.6 Å². The van der Waals surface area contributed by atoms with Crippen LogP contribution in [-0.2, 0) is 0 Å². The van der Waals surface area contributed by atoms with Gasteiger partial charge >= 0.3 is 0 Å². The van der Waals surface area contributed by atoms with Crippen LogP contribution in [0.1, 0.15) is 5.56 Å². The molecule has 0 aliphatic heterocycles. The molecule has 0 aromatic heterocycles. The summed E-state index contributed by atoms with van der Waals surface area (Å²) < 4.78 is 0. The minimum Gasteiger partial charge on any atom is -0.256 e. The van der Waals surface area contributed by atoms with Gasteiger partial charge in [-0.3, -0.25) is 4.99 Å². The van der Waals surface area contributed by atoms with Crippen molar-refractivity contribution < 1.29 is 0 Å². The monoisotopic (exact) mass is 299 g/mol. The van der Waals surface area contributed by atoms with E-state index >= 15 is 0 Å². The molecule has 0 heterocycles. The molecule has 3 aromatic carbocycles. The van der Waals surface area contributed by atoms with Crippen LogP contribution < -0.4 is 0 Å². The van der Waals surface area contributed by atoms with Gasteiger partial charge in [0.2, 0.25) is 0 Å². The molecule has 0 bridgehead atoms. The van der Waals surface area contributed by atoms with Gasteiger partial charge in [-0.25, -0.2) is 0 Å². The number of rotatable bonds is 2. The Morgan fingerprint density at radius 1 is 0.750 bits per heavy atom. The first-order valence-corrected chi connectivity index (χ1v) is 6.96. The first kappa shape index (κ1) is 13.2. The number of hydrogen-bond acceptors (Lipinski definition) is 1. The lowest BCUT2D eigenvalue weighted by Crippen LogP contribution is -1.81. The molecule has 0 N–H and O–H groups in total. The summed E-state index contributed by atoms with van der Waals surface area (Å²) in [6.45, 7) is 0. The van der Waals surface area contributed by atoms with Gasteiger partial charge in [0, 0.05) is 6.21 Å². The number of halogens is 2. The highest BCUT2D eigenvalue weighted by molar-refractivity contribution is 6.42. The Morgan fingerprint density at radius 3 is 2.35 bits per heavy atom. The van der Waals surface area contributed by atoms with E-state index in [2.05, 4.69) is 29.3 Å². The summed E-state index contributed by atoms with van der Waals surface area (Å²) in [6.07, 6.45) is 1.78. The van der Waals surface area contributed by atoms with Gasteiger partial charge in [0.05, 0.1) is 15.7 Å². The largest absolute Gasteiger partial charge is 0.256 e. The zero-order valence-electron chi connectivity index (χ0n) is 10.6. The Hall–Kier alpha value is -1.83. The van der Waals surface area contributed by atoms with Crippen molar-refractivity contribution >= 4 is 45.9 Å². The Kier molecular flexibility index (Phi) is 3.72. The molecule has 0 saturated carbocycles. The van der Waals surface area contributed by atoms with Gasteiger partial charge in [0.25, 0.3) is 0 Å². The smallest absolute Gasteiger partial charge is 0.0636 e. The Labute approximate surface area is 127 Å². The fourth-order valence-electron chi connectivity index (χ4n) is 2.00. The molecule has 0 saturated heterocycles. The van der Waals surface area contributed by atoms with Crippen LogP contribution in [0.2, 0.25) is 10.0 Å². The molecule has 1 nitrogen and oxygen atoms in total. The highest BCUT2D eigenvalue weighted by atomic mass is 35.5. The molecule has 0 atom stereocenters. The molecule has 0 spiro atoms. The van der Waals surface area contributed by atoms with E-state index in [1.807, 2.05) is 24.3 Å². The molecule has 3 heteroatoms. The van der Waals surface area contributed by atoms with Crippen LogP contribution in [0.4, 0.5) is 5.69 Å². The summed E-state index contributed by atoms with van der Waals surface area (Å²) in [5, 5.41) is 3.47. The van der Waals surface area contributed by atoms with Gasteiger partial charge in [-0.15, -0.1) is 0 Å². The second kappa shape index (κ2) is 5.66. The summed E-state index contributed by atoms with van der Waals surface area (Å²) in [7, 11) is 0. The maximum Gasteiger partial charge on any atom is 0.0636 e. The van der Waals surface area contributed by atoms with Crippen LogP contribution in [-0.4, -0.2) is 6.21 Å². The van der Waals surface area contributed by atoms with E-state index in [0.29, 0.717) is 10.0 Å². The van der Waals surface area contributed by atoms with Crippen molar-refractivity contribution in [1.29, 1.82) is 0 Å². The second-order valence-electron chi connectivity index (χ2n) is 4.46. The predicted octanol–water partition coefficient (Wildman–Crippen LogP) is 5.90. The van der Waals surface area contributed by atoms with Gasteiger partial charge in [0.1, 0.15) is 0 Å². The molecule has 20 heavy (non-hydrogen) atoms. The van der Waals surface area contributed by atoms with Crippen molar-refractivity contribution in [3.8, 4) is 0 Å². The highest BCUT2D eigenvalue weighted by Crippen LogP contribution is 2.23. The average molecular weight is 300 g/mol. The molecule has 0 fully saturated rings. The van der Waals surface area contributed by atoms with Crippen LogP contribution in [0.5, 0.6) is 0 Å². The van der Waals surface area contributed by atoms with Crippen LogP contribution in [0.3, 0.4) is 0 Å². The highest BCUT2D eigenvalue weighted by Gasteiger charge is 1.98. The van der Waals surface area contributed by atoms with Crippen molar-refractivity contribution in [2.75, 3.05) is 0 Å². The first-order valence-electron chi connectivity index (χ1n) is 6.20. The molecule has 3 rings (SSSR count). The van der Waals surface area contributed by atoms with Gasteiger partial charge in [-0.05, 0) is 40.6 Å². The minimum atomic E-state index is 0.536. The van der Waals surface area contributed by atoms with Crippen LogP contribution >= 0.6 is 23.2 Å². The third-order valence-corrected chi connectivity index (χ3v) is 3.78. The fraction of sp³-hybridized carbons (Fsp3) is 0.